The summed E-state index contributed by atoms with van der Waals surface area (Å²) in [6.45, 7) is 2.84. The average Bonchev–Trinajstić information content (AvgIpc) is 2.90. The number of rotatable bonds is 2. The molecule has 1 aromatic heterocycles. The Labute approximate surface area is 141 Å². The normalized spacial score (nSPS) is 14.0. The minimum absolute atomic E-state index is 0.0334. The third-order valence-electron chi connectivity index (χ3n) is 4.55. The maximum absolute atomic E-state index is 12.5. The van der Waals surface area contributed by atoms with E-state index in [0.29, 0.717) is 0 Å². The lowest BCUT2D eigenvalue weighted by Crippen LogP contribution is -2.22. The van der Waals surface area contributed by atoms with Gasteiger partial charge in [-0.2, -0.15) is 0 Å². The minimum atomic E-state index is 0.0334. The molecule has 3 nitrogen and oxygen atoms in total. The molecule has 3 aromatic rings. The first-order valence-corrected chi connectivity index (χ1v) is 8.39. The predicted octanol–water partition coefficient (Wildman–Crippen LogP) is 4.13. The Kier molecular flexibility index (Phi) is 3.69. The van der Waals surface area contributed by atoms with Gasteiger partial charge >= 0.3 is 0 Å². The fourth-order valence-corrected chi connectivity index (χ4v) is 3.43. The largest absolute Gasteiger partial charge is 0.352 e. The molecule has 1 amide bonds. The lowest BCUT2D eigenvalue weighted by molar-refractivity contribution is 0.0956. The SMILES string of the molecule is Cc1cccc(-n2c(-c3ccccc3)cc3c2CCCNC3=O)c1. The fraction of sp³-hybridized carbons (Fsp3) is 0.190. The molecule has 0 radical (unpaired) electrons. The smallest absolute Gasteiger partial charge is 0.253 e. The number of hydrogen-bond acceptors (Lipinski definition) is 1. The summed E-state index contributed by atoms with van der Waals surface area (Å²) in [5, 5.41) is 3.00. The van der Waals surface area contributed by atoms with Crippen molar-refractivity contribution in [2.45, 2.75) is 19.8 Å². The molecule has 0 bridgehead atoms. The van der Waals surface area contributed by atoms with Gasteiger partial charge in [-0.1, -0.05) is 42.5 Å². The number of fused-ring (bicyclic) bond motifs is 1. The summed E-state index contributed by atoms with van der Waals surface area (Å²) in [6.07, 6.45) is 1.86. The molecule has 0 unspecified atom stereocenters. The van der Waals surface area contributed by atoms with E-state index in [1.54, 1.807) is 0 Å². The lowest BCUT2D eigenvalue weighted by atomic mass is 10.1. The van der Waals surface area contributed by atoms with E-state index in [1.165, 1.54) is 5.56 Å². The molecule has 0 saturated carbocycles. The molecule has 0 fully saturated rings. The van der Waals surface area contributed by atoms with E-state index < -0.39 is 0 Å². The van der Waals surface area contributed by atoms with Crippen LogP contribution in [0, 0.1) is 6.92 Å². The maximum Gasteiger partial charge on any atom is 0.253 e. The number of aromatic nitrogens is 1. The molecule has 0 saturated heterocycles. The van der Waals surface area contributed by atoms with Crippen LogP contribution in [0.1, 0.15) is 28.0 Å². The maximum atomic E-state index is 12.5. The zero-order chi connectivity index (χ0) is 16.5. The molecule has 120 valence electrons. The number of aryl methyl sites for hydroxylation is 1. The molecule has 3 heteroatoms. The van der Waals surface area contributed by atoms with E-state index in [2.05, 4.69) is 53.2 Å². The van der Waals surface area contributed by atoms with Crippen molar-refractivity contribution in [2.24, 2.45) is 0 Å². The van der Waals surface area contributed by atoms with Crippen molar-refractivity contribution in [2.75, 3.05) is 6.54 Å². The van der Waals surface area contributed by atoms with Crippen LogP contribution in [0.5, 0.6) is 0 Å². The highest BCUT2D eigenvalue weighted by molar-refractivity contribution is 5.97. The van der Waals surface area contributed by atoms with Crippen molar-refractivity contribution in [3.63, 3.8) is 0 Å². The van der Waals surface area contributed by atoms with Gasteiger partial charge in [0, 0.05) is 17.9 Å². The number of carbonyl (C=O) groups is 1. The first kappa shape index (κ1) is 14.8. The van der Waals surface area contributed by atoms with Gasteiger partial charge < -0.3 is 9.88 Å². The van der Waals surface area contributed by atoms with Crippen molar-refractivity contribution < 1.29 is 4.79 Å². The van der Waals surface area contributed by atoms with Crippen molar-refractivity contribution in [3.05, 3.63) is 77.5 Å². The van der Waals surface area contributed by atoms with Gasteiger partial charge in [-0.25, -0.2) is 0 Å². The van der Waals surface area contributed by atoms with Gasteiger partial charge in [0.05, 0.1) is 11.3 Å². The van der Waals surface area contributed by atoms with E-state index in [9.17, 15) is 4.79 Å². The standard InChI is InChI=1S/C21H20N2O/c1-15-7-5-10-17(13-15)23-19-11-6-12-22-21(24)18(19)14-20(23)16-8-3-2-4-9-16/h2-5,7-10,13-14H,6,11-12H2,1H3,(H,22,24). The van der Waals surface area contributed by atoms with Crippen LogP contribution in [-0.4, -0.2) is 17.0 Å². The van der Waals surface area contributed by atoms with Crippen molar-refractivity contribution in [1.29, 1.82) is 0 Å². The van der Waals surface area contributed by atoms with Crippen LogP contribution in [0.3, 0.4) is 0 Å². The second-order valence-electron chi connectivity index (χ2n) is 6.29. The summed E-state index contributed by atoms with van der Waals surface area (Å²) in [7, 11) is 0. The molecule has 0 spiro atoms. The molecule has 1 aliphatic rings. The highest BCUT2D eigenvalue weighted by Crippen LogP contribution is 2.31. The third-order valence-corrected chi connectivity index (χ3v) is 4.55. The lowest BCUT2D eigenvalue weighted by Gasteiger charge is -2.14. The summed E-state index contributed by atoms with van der Waals surface area (Å²) in [5.74, 6) is 0.0334. The Bertz CT molecular complexity index is 893. The van der Waals surface area contributed by atoms with E-state index in [0.717, 1.165) is 47.6 Å². The second-order valence-corrected chi connectivity index (χ2v) is 6.29. The van der Waals surface area contributed by atoms with E-state index in [-0.39, 0.29) is 5.91 Å². The third kappa shape index (κ3) is 2.52. The summed E-state index contributed by atoms with van der Waals surface area (Å²) in [6, 6.07) is 20.8. The van der Waals surface area contributed by atoms with Crippen LogP contribution in [0.25, 0.3) is 16.9 Å². The minimum Gasteiger partial charge on any atom is -0.352 e. The predicted molar refractivity (Wildman–Crippen MR) is 96.6 cm³/mol. The van der Waals surface area contributed by atoms with Crippen LogP contribution in [0.2, 0.25) is 0 Å². The van der Waals surface area contributed by atoms with Crippen LogP contribution in [0.15, 0.2) is 60.7 Å². The molecule has 1 N–H and O–H groups in total. The quantitative estimate of drug-likeness (QED) is 0.758. The summed E-state index contributed by atoms with van der Waals surface area (Å²) in [4.78, 5) is 12.5. The van der Waals surface area contributed by atoms with Gasteiger partial charge in [0.2, 0.25) is 0 Å². The molecule has 2 heterocycles. The molecular formula is C21H20N2O. The van der Waals surface area contributed by atoms with E-state index in [4.69, 9.17) is 0 Å². The van der Waals surface area contributed by atoms with E-state index >= 15 is 0 Å². The zero-order valence-electron chi connectivity index (χ0n) is 13.8. The zero-order valence-corrected chi connectivity index (χ0v) is 13.8. The highest BCUT2D eigenvalue weighted by Gasteiger charge is 2.23. The summed E-state index contributed by atoms with van der Waals surface area (Å²) >= 11 is 0. The topological polar surface area (TPSA) is 34.0 Å². The molecule has 0 aliphatic carbocycles. The van der Waals surface area contributed by atoms with E-state index in [1.807, 2.05) is 24.3 Å². The van der Waals surface area contributed by atoms with Gasteiger partial charge in [-0.3, -0.25) is 4.79 Å². The van der Waals surface area contributed by atoms with Gasteiger partial charge in [0.15, 0.2) is 0 Å². The van der Waals surface area contributed by atoms with Crippen molar-refractivity contribution >= 4 is 5.91 Å². The first-order chi connectivity index (χ1) is 11.7. The van der Waals surface area contributed by atoms with Crippen molar-refractivity contribution in [3.8, 4) is 16.9 Å². The van der Waals surface area contributed by atoms with Crippen LogP contribution < -0.4 is 5.32 Å². The Morgan fingerprint density at radius 2 is 1.83 bits per heavy atom. The fourth-order valence-electron chi connectivity index (χ4n) is 3.43. The van der Waals surface area contributed by atoms with Crippen LogP contribution in [0.4, 0.5) is 0 Å². The molecule has 1 aliphatic heterocycles. The van der Waals surface area contributed by atoms with Crippen molar-refractivity contribution in [1.82, 2.24) is 9.88 Å². The van der Waals surface area contributed by atoms with Gasteiger partial charge in [-0.15, -0.1) is 0 Å². The number of hydrogen-bond donors (Lipinski definition) is 1. The number of amides is 1. The Balaban J connectivity index is 2.00. The Morgan fingerprint density at radius 3 is 2.62 bits per heavy atom. The Morgan fingerprint density at radius 1 is 1.00 bits per heavy atom. The molecule has 24 heavy (non-hydrogen) atoms. The molecule has 2 aromatic carbocycles. The Hall–Kier alpha value is -2.81. The second kappa shape index (κ2) is 6.00. The number of nitrogens with zero attached hydrogens (tertiary/aromatic N) is 1. The van der Waals surface area contributed by atoms with Crippen LogP contribution in [-0.2, 0) is 6.42 Å². The van der Waals surface area contributed by atoms with Crippen LogP contribution >= 0.6 is 0 Å². The van der Waals surface area contributed by atoms with Gasteiger partial charge in [0.25, 0.3) is 5.91 Å². The summed E-state index contributed by atoms with van der Waals surface area (Å²) < 4.78 is 2.25. The number of benzene rings is 2. The first-order valence-electron chi connectivity index (χ1n) is 8.39. The molecular weight excluding hydrogens is 296 g/mol. The number of carbonyl (C=O) groups excluding carboxylic acids is 1. The summed E-state index contributed by atoms with van der Waals surface area (Å²) in [5.41, 5.74) is 6.43. The average molecular weight is 316 g/mol. The molecule has 0 atom stereocenters. The number of nitrogens with one attached hydrogen (secondary N) is 1. The molecule has 4 rings (SSSR count). The highest BCUT2D eigenvalue weighted by atomic mass is 16.1. The van der Waals surface area contributed by atoms with Gasteiger partial charge in [0.1, 0.15) is 0 Å². The van der Waals surface area contributed by atoms with Gasteiger partial charge in [-0.05, 0) is 49.1 Å². The monoisotopic (exact) mass is 316 g/mol.